The molecule has 0 radical (unpaired) electrons. The van der Waals surface area contributed by atoms with Gasteiger partial charge in [-0.1, -0.05) is 0 Å². The average molecular weight is 225 g/mol. The van der Waals surface area contributed by atoms with Crippen LogP contribution in [0.3, 0.4) is 0 Å². The van der Waals surface area contributed by atoms with Crippen molar-refractivity contribution in [2.75, 3.05) is 10.9 Å². The second-order valence-corrected chi connectivity index (χ2v) is 3.98. The number of hydrogen-bond donors (Lipinski definition) is 4. The molecular formula is C9H19N7. The first kappa shape index (κ1) is 12.6. The summed E-state index contributed by atoms with van der Waals surface area (Å²) >= 11 is 0. The van der Waals surface area contributed by atoms with Crippen LogP contribution in [-0.2, 0) is 0 Å². The summed E-state index contributed by atoms with van der Waals surface area (Å²) in [6.45, 7) is 8.09. The van der Waals surface area contributed by atoms with Crippen molar-refractivity contribution in [3.8, 4) is 0 Å². The molecule has 7 nitrogen and oxygen atoms in total. The molecule has 0 aliphatic rings. The van der Waals surface area contributed by atoms with Crippen LogP contribution in [0.25, 0.3) is 0 Å². The quantitative estimate of drug-likeness (QED) is 0.525. The minimum Gasteiger partial charge on any atom is -0.289 e. The summed E-state index contributed by atoms with van der Waals surface area (Å²) in [5.41, 5.74) is 11.8. The maximum Gasteiger partial charge on any atom is 0.242 e. The van der Waals surface area contributed by atoms with E-state index >= 15 is 0 Å². The SMILES string of the molecule is CC(C)NNc1ncnc(NNC(C)C)n1. The van der Waals surface area contributed by atoms with Crippen LogP contribution in [0.1, 0.15) is 27.7 Å². The zero-order valence-electron chi connectivity index (χ0n) is 10.1. The number of anilines is 2. The Kier molecular flexibility index (Phi) is 4.87. The molecule has 4 N–H and O–H groups in total. The monoisotopic (exact) mass is 225 g/mol. The van der Waals surface area contributed by atoms with Crippen molar-refractivity contribution in [1.82, 2.24) is 25.8 Å². The molecule has 7 heteroatoms. The first-order valence-electron chi connectivity index (χ1n) is 5.30. The molecule has 0 bridgehead atoms. The highest BCUT2D eigenvalue weighted by Crippen LogP contribution is 1.99. The second-order valence-electron chi connectivity index (χ2n) is 3.98. The lowest BCUT2D eigenvalue weighted by molar-refractivity contribution is 0.644. The lowest BCUT2D eigenvalue weighted by atomic mass is 10.4. The highest BCUT2D eigenvalue weighted by Gasteiger charge is 2.00. The van der Waals surface area contributed by atoms with Crippen molar-refractivity contribution in [1.29, 1.82) is 0 Å². The Morgan fingerprint density at radius 3 is 1.69 bits per heavy atom. The third kappa shape index (κ3) is 4.85. The number of hydrazine groups is 2. The fraction of sp³-hybridized carbons (Fsp3) is 0.667. The van der Waals surface area contributed by atoms with Gasteiger partial charge in [0.2, 0.25) is 11.9 Å². The van der Waals surface area contributed by atoms with Gasteiger partial charge in [-0.15, -0.1) is 0 Å². The van der Waals surface area contributed by atoms with Gasteiger partial charge in [-0.3, -0.25) is 10.9 Å². The van der Waals surface area contributed by atoms with E-state index in [1.807, 2.05) is 27.7 Å². The van der Waals surface area contributed by atoms with Crippen molar-refractivity contribution >= 4 is 11.9 Å². The minimum atomic E-state index is 0.307. The molecular weight excluding hydrogens is 206 g/mol. The molecule has 0 amide bonds. The van der Waals surface area contributed by atoms with Gasteiger partial charge in [-0.25, -0.2) is 20.8 Å². The van der Waals surface area contributed by atoms with Crippen molar-refractivity contribution < 1.29 is 0 Å². The molecule has 0 saturated carbocycles. The predicted octanol–water partition coefficient (Wildman–Crippen LogP) is 0.521. The van der Waals surface area contributed by atoms with E-state index in [0.717, 1.165) is 0 Å². The van der Waals surface area contributed by atoms with Gasteiger partial charge in [0.1, 0.15) is 6.33 Å². The molecule has 0 saturated heterocycles. The predicted molar refractivity (Wildman–Crippen MR) is 63.6 cm³/mol. The van der Waals surface area contributed by atoms with Crippen LogP contribution < -0.4 is 21.7 Å². The maximum absolute atomic E-state index is 4.15. The molecule has 0 atom stereocenters. The van der Waals surface area contributed by atoms with Crippen molar-refractivity contribution in [2.45, 2.75) is 39.8 Å². The molecule has 0 aliphatic carbocycles. The Labute approximate surface area is 95.4 Å². The standard InChI is InChI=1S/C9H19N7/c1-6(2)13-15-8-10-5-11-9(12-8)16-14-7(3)4/h5-7,13-14H,1-4H3,(H2,10,11,12,15,16). The molecule has 16 heavy (non-hydrogen) atoms. The van der Waals surface area contributed by atoms with Gasteiger partial charge in [0, 0.05) is 12.1 Å². The molecule has 1 aromatic rings. The first-order chi connectivity index (χ1) is 7.58. The molecule has 0 spiro atoms. The number of rotatable bonds is 6. The molecule has 1 heterocycles. The highest BCUT2D eigenvalue weighted by molar-refractivity contribution is 5.30. The van der Waals surface area contributed by atoms with Crippen LogP contribution in [0.5, 0.6) is 0 Å². The number of nitrogens with one attached hydrogen (secondary N) is 4. The molecule has 0 aromatic carbocycles. The van der Waals surface area contributed by atoms with Gasteiger partial charge in [-0.2, -0.15) is 4.98 Å². The summed E-state index contributed by atoms with van der Waals surface area (Å²) in [6.07, 6.45) is 1.45. The van der Waals surface area contributed by atoms with Crippen LogP contribution in [0, 0.1) is 0 Å². The largest absolute Gasteiger partial charge is 0.289 e. The van der Waals surface area contributed by atoms with Crippen molar-refractivity contribution in [3.05, 3.63) is 6.33 Å². The second kappa shape index (κ2) is 6.19. The molecule has 90 valence electrons. The lowest BCUT2D eigenvalue weighted by Gasteiger charge is -2.12. The van der Waals surface area contributed by atoms with Crippen molar-refractivity contribution in [3.63, 3.8) is 0 Å². The number of nitrogens with zero attached hydrogens (tertiary/aromatic N) is 3. The van der Waals surface area contributed by atoms with E-state index in [1.165, 1.54) is 6.33 Å². The van der Waals surface area contributed by atoms with Gasteiger partial charge < -0.3 is 0 Å². The number of aromatic nitrogens is 3. The van der Waals surface area contributed by atoms with Crippen LogP contribution in [0.4, 0.5) is 11.9 Å². The Bertz CT molecular complexity index is 285. The van der Waals surface area contributed by atoms with Crippen molar-refractivity contribution in [2.24, 2.45) is 0 Å². The third-order valence-electron chi connectivity index (χ3n) is 1.52. The summed E-state index contributed by atoms with van der Waals surface area (Å²) in [4.78, 5) is 12.1. The minimum absolute atomic E-state index is 0.307. The molecule has 1 aromatic heterocycles. The topological polar surface area (TPSA) is 86.8 Å². The summed E-state index contributed by atoms with van der Waals surface area (Å²) in [6, 6.07) is 0.615. The Morgan fingerprint density at radius 1 is 0.875 bits per heavy atom. The van der Waals surface area contributed by atoms with E-state index in [4.69, 9.17) is 0 Å². The number of hydrogen-bond acceptors (Lipinski definition) is 7. The molecule has 0 fully saturated rings. The van der Waals surface area contributed by atoms with Gasteiger partial charge in [-0.05, 0) is 27.7 Å². The Hall–Kier alpha value is -1.47. The molecule has 0 unspecified atom stereocenters. The fourth-order valence-electron chi connectivity index (χ4n) is 0.835. The van der Waals surface area contributed by atoms with Gasteiger partial charge in [0.05, 0.1) is 0 Å². The highest BCUT2D eigenvalue weighted by atomic mass is 15.5. The molecule has 1 rings (SSSR count). The van der Waals surface area contributed by atoms with Gasteiger partial charge >= 0.3 is 0 Å². The fourth-order valence-corrected chi connectivity index (χ4v) is 0.835. The summed E-state index contributed by atoms with van der Waals surface area (Å²) in [5, 5.41) is 0. The molecule has 0 aliphatic heterocycles. The third-order valence-corrected chi connectivity index (χ3v) is 1.52. The van der Waals surface area contributed by atoms with E-state index in [2.05, 4.69) is 36.7 Å². The smallest absolute Gasteiger partial charge is 0.242 e. The van der Waals surface area contributed by atoms with Crippen LogP contribution in [0.2, 0.25) is 0 Å². The Morgan fingerprint density at radius 2 is 1.31 bits per heavy atom. The Balaban J connectivity index is 2.50. The van der Waals surface area contributed by atoms with Gasteiger partial charge in [0.15, 0.2) is 0 Å². The van der Waals surface area contributed by atoms with Crippen LogP contribution in [0.15, 0.2) is 6.33 Å². The van der Waals surface area contributed by atoms with E-state index < -0.39 is 0 Å². The lowest BCUT2D eigenvalue weighted by Crippen LogP contribution is -2.32. The van der Waals surface area contributed by atoms with E-state index in [9.17, 15) is 0 Å². The zero-order valence-corrected chi connectivity index (χ0v) is 10.1. The average Bonchev–Trinajstić information content (AvgIpc) is 2.24. The normalized spacial score (nSPS) is 10.9. The summed E-state index contributed by atoms with van der Waals surface area (Å²) in [5.74, 6) is 0.966. The summed E-state index contributed by atoms with van der Waals surface area (Å²) in [7, 11) is 0. The van der Waals surface area contributed by atoms with E-state index in [1.54, 1.807) is 0 Å². The van der Waals surface area contributed by atoms with Crippen LogP contribution in [-0.4, -0.2) is 27.0 Å². The zero-order chi connectivity index (χ0) is 12.0. The summed E-state index contributed by atoms with van der Waals surface area (Å²) < 4.78 is 0. The maximum atomic E-state index is 4.15. The van der Waals surface area contributed by atoms with E-state index in [-0.39, 0.29) is 0 Å². The van der Waals surface area contributed by atoms with Gasteiger partial charge in [0.25, 0.3) is 0 Å². The van der Waals surface area contributed by atoms with Crippen LogP contribution >= 0.6 is 0 Å². The van der Waals surface area contributed by atoms with E-state index in [0.29, 0.717) is 24.0 Å². The first-order valence-corrected chi connectivity index (χ1v) is 5.30.